The minimum Gasteiger partial charge on any atom is -0.347 e. The molecule has 0 spiro atoms. The van der Waals surface area contributed by atoms with E-state index in [0.717, 1.165) is 10.5 Å². The molecule has 1 aliphatic rings. The second-order valence-electron chi connectivity index (χ2n) is 5.60. The largest absolute Gasteiger partial charge is 0.347 e. The number of hydrogen-bond donors (Lipinski definition) is 2. The van der Waals surface area contributed by atoms with Crippen LogP contribution in [0, 0.1) is 0 Å². The summed E-state index contributed by atoms with van der Waals surface area (Å²) in [5.41, 5.74) is 1.10. The monoisotopic (exact) mass is 331 g/mol. The Morgan fingerprint density at radius 2 is 2.05 bits per heavy atom. The van der Waals surface area contributed by atoms with Crippen LogP contribution in [0.4, 0.5) is 0 Å². The van der Waals surface area contributed by atoms with Crippen molar-refractivity contribution in [1.82, 2.24) is 5.32 Å². The maximum atomic E-state index is 11.9. The van der Waals surface area contributed by atoms with Gasteiger partial charge in [-0.25, -0.2) is 8.42 Å². The molecule has 1 unspecified atom stereocenters. The first-order chi connectivity index (χ1) is 9.84. The number of nitrogens with one attached hydrogen (secondary N) is 2. The van der Waals surface area contributed by atoms with Gasteiger partial charge in [-0.1, -0.05) is 23.7 Å². The van der Waals surface area contributed by atoms with Crippen LogP contribution in [0.3, 0.4) is 0 Å². The molecule has 0 bridgehead atoms. The summed E-state index contributed by atoms with van der Waals surface area (Å²) >= 11 is 5.83. The summed E-state index contributed by atoms with van der Waals surface area (Å²) in [4.78, 5) is 13.0. The molecule has 0 saturated carbocycles. The number of carbonyl (C=O) groups excluding carboxylic acids is 1. The lowest BCUT2D eigenvalue weighted by molar-refractivity contribution is -0.885. The second-order valence-corrected chi connectivity index (χ2v) is 8.27. The van der Waals surface area contributed by atoms with Crippen molar-refractivity contribution in [2.75, 3.05) is 25.1 Å². The zero-order valence-electron chi connectivity index (χ0n) is 11.9. The number of hydrogen-bond acceptors (Lipinski definition) is 3. The third kappa shape index (κ3) is 5.30. The fourth-order valence-corrected chi connectivity index (χ4v) is 4.27. The number of amides is 1. The van der Waals surface area contributed by atoms with E-state index in [9.17, 15) is 13.2 Å². The van der Waals surface area contributed by atoms with Gasteiger partial charge in [0.1, 0.15) is 6.54 Å². The lowest BCUT2D eigenvalue weighted by Crippen LogP contribution is -3.09. The Bertz CT molecular complexity index is 601. The maximum absolute atomic E-state index is 11.9. The van der Waals surface area contributed by atoms with E-state index < -0.39 is 9.84 Å². The van der Waals surface area contributed by atoms with Crippen molar-refractivity contribution in [3.63, 3.8) is 0 Å². The van der Waals surface area contributed by atoms with Crippen molar-refractivity contribution in [3.05, 3.63) is 34.9 Å². The Balaban J connectivity index is 1.78. The van der Waals surface area contributed by atoms with Gasteiger partial charge >= 0.3 is 0 Å². The van der Waals surface area contributed by atoms with Gasteiger partial charge < -0.3 is 10.2 Å². The van der Waals surface area contributed by atoms with Crippen molar-refractivity contribution in [2.45, 2.75) is 19.0 Å². The maximum Gasteiger partial charge on any atom is 0.275 e. The van der Waals surface area contributed by atoms with Gasteiger partial charge in [0.15, 0.2) is 16.4 Å². The molecular formula is C14H20ClN2O3S+. The predicted octanol–water partition coefficient (Wildman–Crippen LogP) is -0.342. The molecule has 1 fully saturated rings. The molecule has 0 aromatic heterocycles. The highest BCUT2D eigenvalue weighted by atomic mass is 35.5. The lowest BCUT2D eigenvalue weighted by atomic mass is 10.2. The fraction of sp³-hybridized carbons (Fsp3) is 0.500. The topological polar surface area (TPSA) is 67.7 Å². The molecule has 2 atom stereocenters. The Hall–Kier alpha value is -1.11. The quantitative estimate of drug-likeness (QED) is 0.775. The zero-order chi connectivity index (χ0) is 15.5. The number of benzene rings is 1. The standard InChI is InChI=1S/C14H19ClN2O3S/c1-17(8-11-2-4-12(15)5-3-11)9-14(18)16-13-6-7-21(19,20)10-13/h2-5,13H,6-10H2,1H3,(H,16,18)/p+1/t13-/m1/s1. The minimum atomic E-state index is -2.96. The Morgan fingerprint density at radius 1 is 1.38 bits per heavy atom. The zero-order valence-corrected chi connectivity index (χ0v) is 13.5. The summed E-state index contributed by atoms with van der Waals surface area (Å²) < 4.78 is 22.7. The van der Waals surface area contributed by atoms with Gasteiger partial charge in [0.05, 0.1) is 18.6 Å². The Labute approximate surface area is 130 Å². The van der Waals surface area contributed by atoms with Crippen molar-refractivity contribution in [2.24, 2.45) is 0 Å². The van der Waals surface area contributed by atoms with Crippen molar-refractivity contribution in [1.29, 1.82) is 0 Å². The van der Waals surface area contributed by atoms with Crippen LogP contribution in [0.25, 0.3) is 0 Å². The van der Waals surface area contributed by atoms with Gasteiger partial charge in [0.2, 0.25) is 0 Å². The summed E-state index contributed by atoms with van der Waals surface area (Å²) in [7, 11) is -1.03. The molecule has 2 rings (SSSR count). The van der Waals surface area contributed by atoms with Crippen molar-refractivity contribution < 1.29 is 18.1 Å². The number of quaternary nitrogens is 1. The second kappa shape index (κ2) is 6.77. The molecule has 0 aliphatic carbocycles. The van der Waals surface area contributed by atoms with E-state index in [1.54, 1.807) is 0 Å². The predicted molar refractivity (Wildman–Crippen MR) is 82.1 cm³/mol. The molecule has 5 nitrogen and oxygen atoms in total. The molecule has 0 radical (unpaired) electrons. The van der Waals surface area contributed by atoms with Crippen LogP contribution in [0.5, 0.6) is 0 Å². The number of sulfone groups is 1. The van der Waals surface area contributed by atoms with E-state index in [2.05, 4.69) is 5.32 Å². The first-order valence-electron chi connectivity index (χ1n) is 6.89. The van der Waals surface area contributed by atoms with Gasteiger partial charge in [-0.05, 0) is 18.6 Å². The summed E-state index contributed by atoms with van der Waals surface area (Å²) in [6.45, 7) is 1.03. The molecule has 21 heavy (non-hydrogen) atoms. The molecule has 7 heteroatoms. The molecule has 1 aromatic rings. The molecule has 1 aromatic carbocycles. The first-order valence-corrected chi connectivity index (χ1v) is 9.09. The van der Waals surface area contributed by atoms with E-state index >= 15 is 0 Å². The van der Waals surface area contributed by atoms with E-state index in [0.29, 0.717) is 24.5 Å². The van der Waals surface area contributed by atoms with Gasteiger partial charge in [-0.15, -0.1) is 0 Å². The van der Waals surface area contributed by atoms with Crippen LogP contribution in [-0.4, -0.2) is 45.5 Å². The number of halogens is 1. The van der Waals surface area contributed by atoms with Crippen LogP contribution in [0.15, 0.2) is 24.3 Å². The van der Waals surface area contributed by atoms with Crippen LogP contribution in [-0.2, 0) is 21.2 Å². The average molecular weight is 332 g/mol. The van der Waals surface area contributed by atoms with Gasteiger partial charge in [-0.2, -0.15) is 0 Å². The van der Waals surface area contributed by atoms with Crippen LogP contribution < -0.4 is 10.2 Å². The summed E-state index contributed by atoms with van der Waals surface area (Å²) in [5.74, 6) is 0.129. The molecule has 1 saturated heterocycles. The summed E-state index contributed by atoms with van der Waals surface area (Å²) in [5, 5.41) is 3.49. The van der Waals surface area contributed by atoms with Crippen molar-refractivity contribution >= 4 is 27.3 Å². The Kier molecular flexibility index (Phi) is 5.24. The first kappa shape index (κ1) is 16.3. The molecule has 2 N–H and O–H groups in total. The highest BCUT2D eigenvalue weighted by Gasteiger charge is 2.29. The van der Waals surface area contributed by atoms with E-state index in [1.807, 2.05) is 31.3 Å². The molecule has 1 amide bonds. The number of likely N-dealkylation sites (N-methyl/N-ethyl adjacent to an activating group) is 1. The summed E-state index contributed by atoms with van der Waals surface area (Å²) in [6, 6.07) is 7.30. The molecule has 1 heterocycles. The van der Waals surface area contributed by atoms with Crippen LogP contribution in [0.2, 0.25) is 5.02 Å². The lowest BCUT2D eigenvalue weighted by Gasteiger charge is -2.16. The Morgan fingerprint density at radius 3 is 2.62 bits per heavy atom. The van der Waals surface area contributed by atoms with E-state index in [4.69, 9.17) is 11.6 Å². The average Bonchev–Trinajstić information content (AvgIpc) is 2.71. The van der Waals surface area contributed by atoms with Gasteiger partial charge in [0, 0.05) is 16.6 Å². The fourth-order valence-electron chi connectivity index (χ4n) is 2.47. The smallest absolute Gasteiger partial charge is 0.275 e. The number of carbonyl (C=O) groups is 1. The molecule has 116 valence electrons. The van der Waals surface area contributed by atoms with Crippen LogP contribution >= 0.6 is 11.6 Å². The third-order valence-electron chi connectivity index (χ3n) is 3.48. The van der Waals surface area contributed by atoms with E-state index in [-0.39, 0.29) is 23.5 Å². The van der Waals surface area contributed by atoms with Gasteiger partial charge in [0.25, 0.3) is 5.91 Å². The van der Waals surface area contributed by atoms with E-state index in [1.165, 1.54) is 0 Å². The van der Waals surface area contributed by atoms with Crippen molar-refractivity contribution in [3.8, 4) is 0 Å². The molecule has 1 aliphatic heterocycles. The number of rotatable bonds is 5. The SMILES string of the molecule is C[NH+](CC(=O)N[C@@H]1CCS(=O)(=O)C1)Cc1ccc(Cl)cc1. The highest BCUT2D eigenvalue weighted by Crippen LogP contribution is 2.11. The highest BCUT2D eigenvalue weighted by molar-refractivity contribution is 7.91. The molecular weight excluding hydrogens is 312 g/mol. The van der Waals surface area contributed by atoms with Crippen LogP contribution in [0.1, 0.15) is 12.0 Å². The third-order valence-corrected chi connectivity index (χ3v) is 5.50. The van der Waals surface area contributed by atoms with Gasteiger partial charge in [-0.3, -0.25) is 4.79 Å². The minimum absolute atomic E-state index is 0.0645. The summed E-state index contributed by atoms with van der Waals surface area (Å²) in [6.07, 6.45) is 0.518. The normalized spacial score (nSPS) is 21.9.